The second-order valence-corrected chi connectivity index (χ2v) is 14.0. The zero-order chi connectivity index (χ0) is 23.8. The minimum absolute atomic E-state index is 0.290. The van der Waals surface area contributed by atoms with Gasteiger partial charge in [-0.25, -0.2) is 0 Å². The average molecular weight is 452 g/mol. The highest BCUT2D eigenvalue weighted by molar-refractivity contribution is 5.51. The van der Waals surface area contributed by atoms with E-state index in [1.54, 1.807) is 0 Å². The fraction of sp³-hybridized carbons (Fsp3) is 0.806. The third-order valence-corrected chi connectivity index (χ3v) is 12.6. The van der Waals surface area contributed by atoms with E-state index in [0.717, 1.165) is 24.9 Å². The Morgan fingerprint density at radius 2 is 1.33 bits per heavy atom. The largest absolute Gasteiger partial charge is 0.507 e. The first kappa shape index (κ1) is 23.7. The van der Waals surface area contributed by atoms with E-state index < -0.39 is 0 Å². The summed E-state index contributed by atoms with van der Waals surface area (Å²) in [6.07, 6.45) is 10.3. The number of benzene rings is 1. The van der Waals surface area contributed by atoms with Crippen LogP contribution in [0.1, 0.15) is 128 Å². The van der Waals surface area contributed by atoms with Crippen LogP contribution in [0.15, 0.2) is 12.1 Å². The van der Waals surface area contributed by atoms with Crippen molar-refractivity contribution in [3.8, 4) is 5.75 Å². The molecule has 4 saturated carbocycles. The van der Waals surface area contributed by atoms with Gasteiger partial charge in [0.05, 0.1) is 0 Å². The van der Waals surface area contributed by atoms with E-state index in [0.29, 0.717) is 39.2 Å². The van der Waals surface area contributed by atoms with Crippen LogP contribution >= 0.6 is 0 Å². The highest BCUT2D eigenvalue weighted by Crippen LogP contribution is 2.74. The zero-order valence-electron chi connectivity index (χ0n) is 22.5. The Labute approximate surface area is 203 Å². The van der Waals surface area contributed by atoms with Gasteiger partial charge in [-0.05, 0) is 114 Å². The highest BCUT2D eigenvalue weighted by Gasteiger charge is 2.63. The Morgan fingerprint density at radius 3 is 1.70 bits per heavy atom. The van der Waals surface area contributed by atoms with Crippen LogP contribution in [-0.4, -0.2) is 11.7 Å². The van der Waals surface area contributed by atoms with Crippen LogP contribution in [0.3, 0.4) is 0 Å². The molecule has 1 aromatic carbocycles. The number of fused-ring (bicyclic) bond motifs is 4. The standard InChI is InChI=1S/C31H49NO/c1-8-9-14-32-19-20-15-23(25-17-21-10-12-30(25,6)28(21,2)3)27(33)24(16-20)26-18-22-11-13-31(26,7)29(22,4)5/h15-16,21-22,25-26,32-33H,8-14,17-19H2,1-7H3/t21-,22+,25+,26-,30+,31-. The molecule has 1 aromatic rings. The summed E-state index contributed by atoms with van der Waals surface area (Å²) in [5.41, 5.74) is 5.25. The quantitative estimate of drug-likeness (QED) is 0.410. The second-order valence-electron chi connectivity index (χ2n) is 14.0. The first-order valence-electron chi connectivity index (χ1n) is 14.0. The van der Waals surface area contributed by atoms with Crippen LogP contribution in [0, 0.1) is 33.5 Å². The van der Waals surface area contributed by atoms with Gasteiger partial charge >= 0.3 is 0 Å². The summed E-state index contributed by atoms with van der Waals surface area (Å²) in [7, 11) is 0. The molecule has 33 heavy (non-hydrogen) atoms. The normalized spacial score (nSPS) is 40.1. The minimum Gasteiger partial charge on any atom is -0.507 e. The predicted octanol–water partition coefficient (Wildman–Crippen LogP) is 8.14. The summed E-state index contributed by atoms with van der Waals surface area (Å²) in [4.78, 5) is 0. The SMILES string of the molecule is CCCCNCc1cc([C@H]2C[C@@H]3CC[C@@]2(C)C3(C)C)c(O)c([C@@H]2C[C@H]3CC[C@]2(C)C3(C)C)c1. The topological polar surface area (TPSA) is 32.3 Å². The van der Waals surface area contributed by atoms with Crippen LogP contribution in [0.2, 0.25) is 0 Å². The Bertz CT molecular complexity index is 850. The smallest absolute Gasteiger partial charge is 0.122 e. The van der Waals surface area contributed by atoms with E-state index in [2.05, 4.69) is 65.9 Å². The van der Waals surface area contributed by atoms with Crippen LogP contribution in [-0.2, 0) is 6.54 Å². The van der Waals surface area contributed by atoms with Gasteiger partial charge < -0.3 is 10.4 Å². The number of hydrogen-bond acceptors (Lipinski definition) is 2. The van der Waals surface area contributed by atoms with Crippen LogP contribution in [0.4, 0.5) is 0 Å². The van der Waals surface area contributed by atoms with Gasteiger partial charge in [0.1, 0.15) is 5.75 Å². The molecule has 0 radical (unpaired) electrons. The van der Waals surface area contributed by atoms with Crippen molar-refractivity contribution in [2.75, 3.05) is 6.54 Å². The first-order valence-corrected chi connectivity index (χ1v) is 14.0. The lowest BCUT2D eigenvalue weighted by atomic mass is 9.63. The number of nitrogens with one attached hydrogen (secondary N) is 1. The fourth-order valence-electron chi connectivity index (χ4n) is 9.26. The molecule has 0 aromatic heterocycles. The number of phenols is 1. The lowest BCUT2D eigenvalue weighted by Gasteiger charge is -2.42. The molecule has 2 nitrogen and oxygen atoms in total. The molecule has 4 aliphatic rings. The summed E-state index contributed by atoms with van der Waals surface area (Å²) in [6, 6.07) is 4.79. The van der Waals surface area contributed by atoms with Crippen molar-refractivity contribution in [3.63, 3.8) is 0 Å². The zero-order valence-corrected chi connectivity index (χ0v) is 22.5. The molecule has 2 N–H and O–H groups in total. The monoisotopic (exact) mass is 451 g/mol. The summed E-state index contributed by atoms with van der Waals surface area (Å²) in [5.74, 6) is 3.22. The van der Waals surface area contributed by atoms with Crippen LogP contribution in [0.5, 0.6) is 5.75 Å². The molecule has 0 aliphatic heterocycles. The molecule has 4 fully saturated rings. The summed E-state index contributed by atoms with van der Waals surface area (Å²) in [6.45, 7) is 19.3. The third kappa shape index (κ3) is 3.14. The summed E-state index contributed by atoms with van der Waals surface area (Å²) in [5, 5.41) is 15.6. The molecule has 5 rings (SSSR count). The molecule has 184 valence electrons. The maximum absolute atomic E-state index is 11.9. The van der Waals surface area contributed by atoms with Gasteiger partial charge in [0, 0.05) is 6.54 Å². The lowest BCUT2D eigenvalue weighted by Crippen LogP contribution is -2.32. The van der Waals surface area contributed by atoms with Crippen molar-refractivity contribution in [2.45, 2.75) is 118 Å². The highest BCUT2D eigenvalue weighted by atomic mass is 16.3. The summed E-state index contributed by atoms with van der Waals surface area (Å²) < 4.78 is 0. The number of aromatic hydroxyl groups is 1. The van der Waals surface area contributed by atoms with E-state index in [1.165, 1.54) is 68.1 Å². The van der Waals surface area contributed by atoms with Gasteiger partial charge in [-0.3, -0.25) is 0 Å². The Hall–Kier alpha value is -1.02. The molecule has 0 saturated heterocycles. The van der Waals surface area contributed by atoms with Crippen LogP contribution < -0.4 is 5.32 Å². The molecule has 0 heterocycles. The van der Waals surface area contributed by atoms with Crippen molar-refractivity contribution in [1.29, 1.82) is 0 Å². The van der Waals surface area contributed by atoms with Gasteiger partial charge in [0.15, 0.2) is 0 Å². The molecule has 2 heteroatoms. The van der Waals surface area contributed by atoms with Crippen molar-refractivity contribution in [3.05, 3.63) is 28.8 Å². The van der Waals surface area contributed by atoms with Crippen molar-refractivity contribution >= 4 is 0 Å². The molecule has 4 aliphatic carbocycles. The number of hydrogen-bond donors (Lipinski definition) is 2. The molecule has 0 spiro atoms. The van der Waals surface area contributed by atoms with Gasteiger partial charge in [-0.2, -0.15) is 0 Å². The van der Waals surface area contributed by atoms with Gasteiger partial charge in [-0.15, -0.1) is 0 Å². The molecule has 0 unspecified atom stereocenters. The van der Waals surface area contributed by atoms with Crippen molar-refractivity contribution in [2.24, 2.45) is 33.5 Å². The Morgan fingerprint density at radius 1 is 0.848 bits per heavy atom. The fourth-order valence-corrected chi connectivity index (χ4v) is 9.26. The summed E-state index contributed by atoms with van der Waals surface area (Å²) >= 11 is 0. The lowest BCUT2D eigenvalue weighted by molar-refractivity contribution is 0.130. The van der Waals surface area contributed by atoms with E-state index in [-0.39, 0.29) is 0 Å². The predicted molar refractivity (Wildman–Crippen MR) is 139 cm³/mol. The molecular formula is C31H49NO. The maximum Gasteiger partial charge on any atom is 0.122 e. The second kappa shape index (κ2) is 7.74. The van der Waals surface area contributed by atoms with Gasteiger partial charge in [0.2, 0.25) is 0 Å². The average Bonchev–Trinajstić information content (AvgIpc) is 3.29. The minimum atomic E-state index is 0.290. The van der Waals surface area contributed by atoms with Gasteiger partial charge in [-0.1, -0.05) is 67.0 Å². The van der Waals surface area contributed by atoms with Crippen LogP contribution in [0.25, 0.3) is 0 Å². The van der Waals surface area contributed by atoms with E-state index in [1.807, 2.05) is 0 Å². The third-order valence-electron chi connectivity index (χ3n) is 12.6. The van der Waals surface area contributed by atoms with E-state index in [9.17, 15) is 5.11 Å². The molecule has 6 atom stereocenters. The number of phenolic OH excluding ortho intramolecular Hbond substituents is 1. The Balaban J connectivity index is 1.56. The van der Waals surface area contributed by atoms with E-state index >= 15 is 0 Å². The molecule has 4 bridgehead atoms. The first-order chi connectivity index (χ1) is 15.5. The van der Waals surface area contributed by atoms with E-state index in [4.69, 9.17) is 0 Å². The maximum atomic E-state index is 11.9. The molecular weight excluding hydrogens is 402 g/mol. The molecule has 0 amide bonds. The Kier molecular flexibility index (Phi) is 5.56. The van der Waals surface area contributed by atoms with Crippen molar-refractivity contribution < 1.29 is 5.11 Å². The van der Waals surface area contributed by atoms with Gasteiger partial charge in [0.25, 0.3) is 0 Å². The number of unbranched alkanes of at least 4 members (excludes halogenated alkanes) is 1. The number of rotatable bonds is 7. The van der Waals surface area contributed by atoms with Crippen molar-refractivity contribution in [1.82, 2.24) is 5.32 Å².